The highest BCUT2D eigenvalue weighted by molar-refractivity contribution is 5.90. The Bertz CT molecular complexity index is 646. The van der Waals surface area contributed by atoms with E-state index in [0.29, 0.717) is 10.5 Å². The van der Waals surface area contributed by atoms with Crippen LogP contribution in [0.15, 0.2) is 48.7 Å². The van der Waals surface area contributed by atoms with E-state index in [9.17, 15) is 15.1 Å². The number of aliphatic hydroxyl groups excluding tert-OH is 1. The minimum absolute atomic E-state index is 0.000453. The average Bonchev–Trinajstić information content (AvgIpc) is 2.51. The van der Waals surface area contributed by atoms with E-state index in [-0.39, 0.29) is 18.8 Å². The van der Waals surface area contributed by atoms with Crippen LogP contribution in [0, 0.1) is 12.1 Å². The molecule has 1 amide bonds. The molecule has 116 valence electrons. The quantitative estimate of drug-likeness (QED) is 0.610. The van der Waals surface area contributed by atoms with Crippen LogP contribution in [-0.4, -0.2) is 30.3 Å². The van der Waals surface area contributed by atoms with Crippen molar-refractivity contribution in [2.75, 3.05) is 13.2 Å². The lowest BCUT2D eigenvalue weighted by molar-refractivity contribution is -0.607. The van der Waals surface area contributed by atoms with Crippen LogP contribution in [0.1, 0.15) is 16.1 Å². The molecule has 1 atom stereocenters. The average molecular weight is 302 g/mol. The highest BCUT2D eigenvalue weighted by atomic mass is 16.5. The lowest BCUT2D eigenvalue weighted by Crippen LogP contribution is -2.42. The van der Waals surface area contributed by atoms with Gasteiger partial charge in [0.25, 0.3) is 5.69 Å². The van der Waals surface area contributed by atoms with Gasteiger partial charge in [-0.3, -0.25) is 4.79 Å². The van der Waals surface area contributed by atoms with E-state index in [4.69, 9.17) is 4.74 Å². The van der Waals surface area contributed by atoms with Gasteiger partial charge in [0.05, 0.1) is 0 Å². The van der Waals surface area contributed by atoms with Gasteiger partial charge in [0.1, 0.15) is 18.5 Å². The Kier molecular flexibility index (Phi) is 5.32. The molecule has 6 heteroatoms. The first-order chi connectivity index (χ1) is 10.6. The summed E-state index contributed by atoms with van der Waals surface area (Å²) >= 11 is 0. The molecular formula is C16H18N2O4. The summed E-state index contributed by atoms with van der Waals surface area (Å²) in [6.07, 6.45) is 0.375. The SMILES string of the molecule is Cc1cccc(OCC(O)CNC(=O)c2cccc[n+]2[O-])c1. The molecule has 0 saturated heterocycles. The molecule has 0 aliphatic carbocycles. The maximum atomic E-state index is 11.8. The van der Waals surface area contributed by atoms with Crippen molar-refractivity contribution in [3.8, 4) is 5.75 Å². The molecule has 0 saturated carbocycles. The summed E-state index contributed by atoms with van der Waals surface area (Å²) in [6.45, 7) is 2.00. The third kappa shape index (κ3) is 4.46. The number of nitrogens with one attached hydrogen (secondary N) is 1. The van der Waals surface area contributed by atoms with Crippen molar-refractivity contribution in [2.45, 2.75) is 13.0 Å². The minimum Gasteiger partial charge on any atom is -0.618 e. The van der Waals surface area contributed by atoms with Gasteiger partial charge in [0, 0.05) is 18.7 Å². The Morgan fingerprint density at radius 2 is 2.18 bits per heavy atom. The van der Waals surface area contributed by atoms with E-state index in [0.717, 1.165) is 5.56 Å². The van der Waals surface area contributed by atoms with Crippen molar-refractivity contribution >= 4 is 5.91 Å². The number of nitrogens with zero attached hydrogens (tertiary/aromatic N) is 1. The zero-order chi connectivity index (χ0) is 15.9. The molecule has 0 spiro atoms. The molecule has 0 aliphatic heterocycles. The number of pyridine rings is 1. The molecule has 1 unspecified atom stereocenters. The number of benzene rings is 1. The van der Waals surface area contributed by atoms with Crippen molar-refractivity contribution in [1.29, 1.82) is 0 Å². The van der Waals surface area contributed by atoms with Gasteiger partial charge in [-0.15, -0.1) is 0 Å². The second-order valence-electron chi connectivity index (χ2n) is 4.90. The number of rotatable bonds is 6. The van der Waals surface area contributed by atoms with Crippen molar-refractivity contribution in [1.82, 2.24) is 5.32 Å². The van der Waals surface area contributed by atoms with Gasteiger partial charge < -0.3 is 20.4 Å². The van der Waals surface area contributed by atoms with Crippen LogP contribution >= 0.6 is 0 Å². The lowest BCUT2D eigenvalue weighted by atomic mass is 10.2. The summed E-state index contributed by atoms with van der Waals surface area (Å²) in [5, 5.41) is 23.7. The number of ether oxygens (including phenoxy) is 1. The molecule has 0 bridgehead atoms. The number of hydrogen-bond donors (Lipinski definition) is 2. The topological polar surface area (TPSA) is 85.5 Å². The Balaban J connectivity index is 1.79. The van der Waals surface area contributed by atoms with Crippen molar-refractivity contribution in [2.24, 2.45) is 0 Å². The van der Waals surface area contributed by atoms with Crippen LogP contribution < -0.4 is 14.8 Å². The van der Waals surface area contributed by atoms with E-state index in [1.54, 1.807) is 12.1 Å². The second-order valence-corrected chi connectivity index (χ2v) is 4.90. The fourth-order valence-electron chi connectivity index (χ4n) is 1.86. The van der Waals surface area contributed by atoms with E-state index in [1.807, 2.05) is 25.1 Å². The van der Waals surface area contributed by atoms with Crippen LogP contribution in [0.25, 0.3) is 0 Å². The Labute approximate surface area is 128 Å². The van der Waals surface area contributed by atoms with Gasteiger partial charge in [-0.2, -0.15) is 4.73 Å². The van der Waals surface area contributed by atoms with Crippen LogP contribution in [0.5, 0.6) is 5.75 Å². The monoisotopic (exact) mass is 302 g/mol. The molecular weight excluding hydrogens is 284 g/mol. The van der Waals surface area contributed by atoms with Gasteiger partial charge in [0.15, 0.2) is 6.20 Å². The highest BCUT2D eigenvalue weighted by Crippen LogP contribution is 2.12. The van der Waals surface area contributed by atoms with Crippen molar-refractivity contribution in [3.63, 3.8) is 0 Å². The largest absolute Gasteiger partial charge is 0.618 e. The number of hydrogen-bond acceptors (Lipinski definition) is 4. The first-order valence-corrected chi connectivity index (χ1v) is 6.90. The third-order valence-corrected chi connectivity index (χ3v) is 2.99. The standard InChI is InChI=1S/C16H18N2O4/c1-12-5-4-6-14(9-12)22-11-13(19)10-17-16(20)15-7-2-3-8-18(15)21/h2-9,13,19H,10-11H2,1H3,(H,17,20). The number of aromatic nitrogens is 1. The summed E-state index contributed by atoms with van der Waals surface area (Å²) in [5.41, 5.74) is 1.04. The summed E-state index contributed by atoms with van der Waals surface area (Å²) < 4.78 is 5.92. The van der Waals surface area contributed by atoms with Gasteiger partial charge >= 0.3 is 5.91 Å². The van der Waals surface area contributed by atoms with Crippen molar-refractivity contribution in [3.05, 3.63) is 65.1 Å². The van der Waals surface area contributed by atoms with Gasteiger partial charge in [-0.1, -0.05) is 12.1 Å². The van der Waals surface area contributed by atoms with E-state index < -0.39 is 12.0 Å². The summed E-state index contributed by atoms with van der Waals surface area (Å²) in [7, 11) is 0. The Morgan fingerprint density at radius 1 is 1.36 bits per heavy atom. The number of amides is 1. The molecule has 1 heterocycles. The number of carbonyl (C=O) groups is 1. The fourth-order valence-corrected chi connectivity index (χ4v) is 1.86. The zero-order valence-corrected chi connectivity index (χ0v) is 12.2. The normalized spacial score (nSPS) is 11.7. The third-order valence-electron chi connectivity index (χ3n) is 2.99. The molecule has 0 radical (unpaired) electrons. The maximum absolute atomic E-state index is 11.8. The summed E-state index contributed by atoms with van der Waals surface area (Å²) in [6, 6.07) is 12.0. The molecule has 2 aromatic rings. The summed E-state index contributed by atoms with van der Waals surface area (Å²) in [5.74, 6) is 0.121. The molecule has 2 N–H and O–H groups in total. The molecule has 0 aliphatic rings. The van der Waals surface area contributed by atoms with Gasteiger partial charge in [-0.25, -0.2) is 0 Å². The van der Waals surface area contributed by atoms with E-state index in [2.05, 4.69) is 5.32 Å². The van der Waals surface area contributed by atoms with Crippen LogP contribution in [0.4, 0.5) is 0 Å². The predicted molar refractivity (Wildman–Crippen MR) is 80.4 cm³/mol. The van der Waals surface area contributed by atoms with Crippen LogP contribution in [0.2, 0.25) is 0 Å². The molecule has 22 heavy (non-hydrogen) atoms. The molecule has 0 fully saturated rings. The number of aliphatic hydroxyl groups is 1. The minimum atomic E-state index is -0.867. The fraction of sp³-hybridized carbons (Fsp3) is 0.250. The molecule has 6 nitrogen and oxygen atoms in total. The van der Waals surface area contributed by atoms with Gasteiger partial charge in [-0.05, 0) is 30.7 Å². The Hall–Kier alpha value is -2.60. The van der Waals surface area contributed by atoms with Crippen molar-refractivity contribution < 1.29 is 19.4 Å². The maximum Gasteiger partial charge on any atom is 0.317 e. The Morgan fingerprint density at radius 3 is 2.91 bits per heavy atom. The molecule has 1 aromatic heterocycles. The number of carbonyl (C=O) groups excluding carboxylic acids is 1. The molecule has 2 rings (SSSR count). The van der Waals surface area contributed by atoms with Crippen LogP contribution in [-0.2, 0) is 0 Å². The smallest absolute Gasteiger partial charge is 0.317 e. The van der Waals surface area contributed by atoms with Crippen LogP contribution in [0.3, 0.4) is 0 Å². The second kappa shape index (κ2) is 7.42. The number of aryl methyl sites for hydroxylation is 1. The first kappa shape index (κ1) is 15.8. The predicted octanol–water partition coefficient (Wildman–Crippen LogP) is 0.798. The highest BCUT2D eigenvalue weighted by Gasteiger charge is 2.16. The lowest BCUT2D eigenvalue weighted by Gasteiger charge is -2.13. The molecule has 1 aromatic carbocycles. The first-order valence-electron chi connectivity index (χ1n) is 6.90. The summed E-state index contributed by atoms with van der Waals surface area (Å²) in [4.78, 5) is 11.8. The van der Waals surface area contributed by atoms with Gasteiger partial charge in [0.2, 0.25) is 0 Å². The zero-order valence-electron chi connectivity index (χ0n) is 12.2. The van der Waals surface area contributed by atoms with E-state index in [1.165, 1.54) is 18.3 Å². The van der Waals surface area contributed by atoms with E-state index >= 15 is 0 Å².